The Morgan fingerprint density at radius 1 is 1.30 bits per heavy atom. The summed E-state index contributed by atoms with van der Waals surface area (Å²) < 4.78 is 10.0. The summed E-state index contributed by atoms with van der Waals surface area (Å²) in [7, 11) is 0. The molecule has 4 N–H and O–H groups in total. The number of nitrogens with zero attached hydrogens (tertiary/aromatic N) is 2. The molecule has 1 aromatic heterocycles. The second kappa shape index (κ2) is 8.15. The van der Waals surface area contributed by atoms with Crippen LogP contribution in [0.2, 0.25) is 0 Å². The zero-order valence-corrected chi connectivity index (χ0v) is 14.9. The van der Waals surface area contributed by atoms with Gasteiger partial charge in [-0.3, -0.25) is 10.1 Å². The fraction of sp³-hybridized carbons (Fsp3) is 0.188. The minimum absolute atomic E-state index is 0.00265. The SMILES string of the molecule is CCOC(=O)c1sc(N)c(C#N)c1COC(=O)c1cc([N+](=O)[O-])ccc1N. The largest absolute Gasteiger partial charge is 0.462 e. The topological polar surface area (TPSA) is 172 Å². The Morgan fingerprint density at radius 3 is 2.59 bits per heavy atom. The Labute approximate surface area is 157 Å². The number of hydrogen-bond donors (Lipinski definition) is 2. The van der Waals surface area contributed by atoms with Crippen LogP contribution in [-0.4, -0.2) is 23.5 Å². The molecular weight excluding hydrogens is 376 g/mol. The van der Waals surface area contributed by atoms with Crippen molar-refractivity contribution in [2.24, 2.45) is 0 Å². The number of ether oxygens (including phenoxy) is 2. The van der Waals surface area contributed by atoms with Crippen molar-refractivity contribution in [2.75, 3.05) is 18.1 Å². The van der Waals surface area contributed by atoms with Crippen molar-refractivity contribution in [2.45, 2.75) is 13.5 Å². The lowest BCUT2D eigenvalue weighted by Crippen LogP contribution is -2.11. The summed E-state index contributed by atoms with van der Waals surface area (Å²) in [6.45, 7) is 1.28. The molecule has 11 heteroatoms. The zero-order chi connectivity index (χ0) is 20.1. The molecule has 0 aliphatic rings. The molecule has 0 spiro atoms. The Hall–Kier alpha value is -3.65. The lowest BCUT2D eigenvalue weighted by Gasteiger charge is -2.08. The number of nitro groups is 1. The number of rotatable bonds is 6. The number of hydrogen-bond acceptors (Lipinski definition) is 10. The standard InChI is InChI=1S/C16H14N4O6S/c1-2-25-16(22)13-11(10(6-17)14(19)27-13)7-26-15(21)9-5-8(20(23)24)3-4-12(9)18/h3-5H,2,7,18-19H2,1H3. The molecule has 0 saturated carbocycles. The summed E-state index contributed by atoms with van der Waals surface area (Å²) in [6.07, 6.45) is 0. The van der Waals surface area contributed by atoms with Gasteiger partial charge in [-0.1, -0.05) is 0 Å². The number of esters is 2. The second-order valence-corrected chi connectivity index (χ2v) is 6.14. The molecule has 27 heavy (non-hydrogen) atoms. The first-order valence-electron chi connectivity index (χ1n) is 7.49. The second-order valence-electron chi connectivity index (χ2n) is 5.09. The lowest BCUT2D eigenvalue weighted by atomic mass is 10.1. The van der Waals surface area contributed by atoms with E-state index in [0.717, 1.165) is 23.5 Å². The molecule has 0 aliphatic heterocycles. The number of nitrogen functional groups attached to an aromatic ring is 2. The van der Waals surface area contributed by atoms with Crippen LogP contribution in [0.25, 0.3) is 0 Å². The number of nitrogens with two attached hydrogens (primary N) is 2. The Morgan fingerprint density at radius 2 is 2.00 bits per heavy atom. The summed E-state index contributed by atoms with van der Waals surface area (Å²) in [5.74, 6) is -1.64. The van der Waals surface area contributed by atoms with Crippen molar-refractivity contribution in [3.05, 3.63) is 49.9 Å². The van der Waals surface area contributed by atoms with E-state index in [0.29, 0.717) is 0 Å². The highest BCUT2D eigenvalue weighted by atomic mass is 32.1. The van der Waals surface area contributed by atoms with Crippen molar-refractivity contribution in [3.63, 3.8) is 0 Å². The molecule has 1 heterocycles. The summed E-state index contributed by atoms with van der Waals surface area (Å²) >= 11 is 0.846. The minimum atomic E-state index is -0.945. The Balaban J connectivity index is 2.30. The molecule has 0 radical (unpaired) electrons. The van der Waals surface area contributed by atoms with E-state index in [-0.39, 0.29) is 44.6 Å². The van der Waals surface area contributed by atoms with Crippen LogP contribution in [0.3, 0.4) is 0 Å². The van der Waals surface area contributed by atoms with E-state index in [1.807, 2.05) is 6.07 Å². The van der Waals surface area contributed by atoms with E-state index in [1.165, 1.54) is 6.07 Å². The third kappa shape index (κ3) is 4.13. The van der Waals surface area contributed by atoms with Gasteiger partial charge >= 0.3 is 11.9 Å². The van der Waals surface area contributed by atoms with Gasteiger partial charge in [0.2, 0.25) is 0 Å². The zero-order valence-electron chi connectivity index (χ0n) is 14.1. The highest BCUT2D eigenvalue weighted by Gasteiger charge is 2.25. The number of carbonyl (C=O) groups excluding carboxylic acids is 2. The number of carbonyl (C=O) groups is 2. The van der Waals surface area contributed by atoms with Gasteiger partial charge in [0.25, 0.3) is 5.69 Å². The molecule has 0 bridgehead atoms. The van der Waals surface area contributed by atoms with Crippen LogP contribution in [0.4, 0.5) is 16.4 Å². The van der Waals surface area contributed by atoms with Crippen molar-refractivity contribution >= 4 is 39.7 Å². The van der Waals surface area contributed by atoms with Crippen molar-refractivity contribution in [1.82, 2.24) is 0 Å². The molecule has 0 fully saturated rings. The van der Waals surface area contributed by atoms with Crippen LogP contribution in [-0.2, 0) is 16.1 Å². The number of benzene rings is 1. The minimum Gasteiger partial charge on any atom is -0.462 e. The molecule has 0 atom stereocenters. The Bertz CT molecular complexity index is 963. The number of anilines is 2. The predicted molar refractivity (Wildman–Crippen MR) is 96.0 cm³/mol. The molecule has 2 aromatic rings. The van der Waals surface area contributed by atoms with Gasteiger partial charge in [0, 0.05) is 23.4 Å². The van der Waals surface area contributed by atoms with Gasteiger partial charge in [0.15, 0.2) is 0 Å². The average molecular weight is 390 g/mol. The first kappa shape index (κ1) is 19.7. The average Bonchev–Trinajstić information content (AvgIpc) is 2.95. The first-order chi connectivity index (χ1) is 12.8. The monoisotopic (exact) mass is 390 g/mol. The van der Waals surface area contributed by atoms with Crippen LogP contribution in [0.1, 0.15) is 38.1 Å². The maximum atomic E-state index is 12.3. The Kier molecular flexibility index (Phi) is 5.94. The summed E-state index contributed by atoms with van der Waals surface area (Å²) in [6, 6.07) is 5.20. The van der Waals surface area contributed by atoms with Crippen LogP contribution in [0.15, 0.2) is 18.2 Å². The smallest absolute Gasteiger partial charge is 0.348 e. The molecule has 10 nitrogen and oxygen atoms in total. The van der Waals surface area contributed by atoms with E-state index < -0.39 is 23.5 Å². The molecule has 0 unspecified atom stereocenters. The van der Waals surface area contributed by atoms with Crippen molar-refractivity contribution < 1.29 is 24.0 Å². The van der Waals surface area contributed by atoms with Crippen LogP contribution in [0.5, 0.6) is 0 Å². The number of nitriles is 1. The van der Waals surface area contributed by atoms with Gasteiger partial charge in [-0.05, 0) is 13.0 Å². The van der Waals surface area contributed by atoms with Gasteiger partial charge in [-0.25, -0.2) is 9.59 Å². The molecule has 2 rings (SSSR count). The quantitative estimate of drug-likeness (QED) is 0.324. The highest BCUT2D eigenvalue weighted by molar-refractivity contribution is 7.18. The molecule has 0 amide bonds. The van der Waals surface area contributed by atoms with E-state index >= 15 is 0 Å². The maximum absolute atomic E-state index is 12.3. The van der Waals surface area contributed by atoms with Gasteiger partial charge in [-0.15, -0.1) is 11.3 Å². The van der Waals surface area contributed by atoms with Gasteiger partial charge < -0.3 is 20.9 Å². The molecule has 1 aromatic carbocycles. The van der Waals surface area contributed by atoms with E-state index in [1.54, 1.807) is 6.92 Å². The number of thiophene rings is 1. The van der Waals surface area contributed by atoms with E-state index in [9.17, 15) is 25.0 Å². The molecule has 0 aliphatic carbocycles. The summed E-state index contributed by atoms with van der Waals surface area (Å²) in [4.78, 5) is 34.5. The highest BCUT2D eigenvalue weighted by Crippen LogP contribution is 2.32. The van der Waals surface area contributed by atoms with Crippen LogP contribution in [0, 0.1) is 21.4 Å². The third-order valence-electron chi connectivity index (χ3n) is 3.42. The number of non-ortho nitro benzene ring substituents is 1. The molecular formula is C16H14N4O6S. The number of nitro benzene ring substituents is 1. The van der Waals surface area contributed by atoms with Crippen LogP contribution < -0.4 is 11.5 Å². The lowest BCUT2D eigenvalue weighted by molar-refractivity contribution is -0.384. The molecule has 140 valence electrons. The fourth-order valence-electron chi connectivity index (χ4n) is 2.16. The van der Waals surface area contributed by atoms with Gasteiger partial charge in [-0.2, -0.15) is 5.26 Å². The van der Waals surface area contributed by atoms with E-state index in [2.05, 4.69) is 0 Å². The van der Waals surface area contributed by atoms with Crippen molar-refractivity contribution in [1.29, 1.82) is 5.26 Å². The maximum Gasteiger partial charge on any atom is 0.348 e. The third-order valence-corrected chi connectivity index (χ3v) is 4.46. The van der Waals surface area contributed by atoms with Crippen LogP contribution >= 0.6 is 11.3 Å². The fourth-order valence-corrected chi connectivity index (χ4v) is 3.07. The van der Waals surface area contributed by atoms with Gasteiger partial charge in [0.1, 0.15) is 22.6 Å². The van der Waals surface area contributed by atoms with Crippen molar-refractivity contribution in [3.8, 4) is 6.07 Å². The predicted octanol–water partition coefficient (Wildman–Crippen LogP) is 2.23. The van der Waals surface area contributed by atoms with Gasteiger partial charge in [0.05, 0.1) is 22.7 Å². The first-order valence-corrected chi connectivity index (χ1v) is 8.31. The summed E-state index contributed by atoms with van der Waals surface area (Å²) in [5, 5.41) is 20.2. The normalized spacial score (nSPS) is 10.1. The molecule has 0 saturated heterocycles. The van der Waals surface area contributed by atoms with E-state index in [4.69, 9.17) is 20.9 Å². The summed E-state index contributed by atoms with van der Waals surface area (Å²) in [5.41, 5.74) is 11.0.